The van der Waals surface area contributed by atoms with E-state index in [1.165, 1.54) is 37.1 Å². The normalized spacial score (nSPS) is 12.7. The maximum atomic E-state index is 12.7. The fraction of sp³-hybridized carbons (Fsp3) is 0.125. The van der Waals surface area contributed by atoms with Gasteiger partial charge in [0, 0.05) is 22.4 Å². The Morgan fingerprint density at radius 2 is 1.64 bits per heavy atom. The molecule has 166 valence electrons. The first-order valence-electron chi connectivity index (χ1n) is 9.75. The Balaban J connectivity index is 1.70. The highest BCUT2D eigenvalue weighted by atomic mass is 16.5. The summed E-state index contributed by atoms with van der Waals surface area (Å²) in [5.41, 5.74) is 7.71. The van der Waals surface area contributed by atoms with E-state index in [1.807, 2.05) is 0 Å². The molecule has 33 heavy (non-hydrogen) atoms. The first-order valence-corrected chi connectivity index (χ1v) is 9.75. The number of nitrogen functional groups attached to an aromatic ring is 1. The number of hydrogen-bond acceptors (Lipinski definition) is 6. The second kappa shape index (κ2) is 10.2. The quantitative estimate of drug-likeness (QED) is 0.149. The number of carbonyl (C=O) groups excluding carboxylic acids is 2. The van der Waals surface area contributed by atoms with Crippen LogP contribution in [0.4, 0.5) is 5.69 Å². The van der Waals surface area contributed by atoms with E-state index in [0.717, 1.165) is 5.56 Å². The predicted octanol–water partition coefficient (Wildman–Crippen LogP) is 0.907. The van der Waals surface area contributed by atoms with E-state index < -0.39 is 23.5 Å². The number of nitrogens with two attached hydrogens (primary N) is 1. The predicted molar refractivity (Wildman–Crippen MR) is 120 cm³/mol. The molecule has 9 heteroatoms. The van der Waals surface area contributed by atoms with Gasteiger partial charge in [0.25, 0.3) is 11.8 Å². The molecule has 9 nitrogen and oxygen atoms in total. The Kier molecular flexibility index (Phi) is 7.11. The summed E-state index contributed by atoms with van der Waals surface area (Å²) in [7, 11) is 0. The molecule has 0 bridgehead atoms. The molecule has 3 aromatic rings. The minimum Gasteiger partial charge on any atom is -0.399 e. The summed E-state index contributed by atoms with van der Waals surface area (Å²) in [6.07, 6.45) is 2.63. The number of rotatable bonds is 5. The maximum Gasteiger partial charge on any atom is 0.269 e. The zero-order valence-corrected chi connectivity index (χ0v) is 17.6. The molecule has 0 radical (unpaired) electrons. The standard InChI is InChI=1S/C24H21N5O4/c1-24(32,20-14-26-15-27-20)21(23(31)29-33)28-22(30)18-10-6-16(7-11-18)4-2-3-5-17-8-12-19(25)13-9-17/h6-15,21,32-33H,25H2,1H3,(H,26,27)(H,28,30)(H,29,31)/t21-,24-/m1/s1. The third-order valence-corrected chi connectivity index (χ3v) is 4.79. The van der Waals surface area contributed by atoms with Crippen LogP contribution in [-0.4, -0.2) is 38.1 Å². The molecular formula is C24H21N5O4. The Morgan fingerprint density at radius 3 is 2.15 bits per heavy atom. The number of carbonyl (C=O) groups is 2. The summed E-state index contributed by atoms with van der Waals surface area (Å²) in [5, 5.41) is 22.3. The lowest BCUT2D eigenvalue weighted by Gasteiger charge is -2.30. The Hall–Kier alpha value is -4.57. The van der Waals surface area contributed by atoms with Gasteiger partial charge in [0.2, 0.25) is 0 Å². The number of aliphatic hydroxyl groups is 1. The van der Waals surface area contributed by atoms with Crippen LogP contribution < -0.4 is 16.5 Å². The summed E-state index contributed by atoms with van der Waals surface area (Å²) < 4.78 is 0. The number of H-pyrrole nitrogens is 1. The van der Waals surface area contributed by atoms with Crippen molar-refractivity contribution in [2.75, 3.05) is 5.73 Å². The molecule has 0 spiro atoms. The lowest BCUT2D eigenvalue weighted by Crippen LogP contribution is -2.57. The topological polar surface area (TPSA) is 153 Å². The summed E-state index contributed by atoms with van der Waals surface area (Å²) in [4.78, 5) is 31.3. The zero-order valence-electron chi connectivity index (χ0n) is 17.6. The molecule has 0 fully saturated rings. The van der Waals surface area contributed by atoms with Gasteiger partial charge in [-0.1, -0.05) is 11.8 Å². The number of anilines is 1. The van der Waals surface area contributed by atoms with E-state index in [9.17, 15) is 14.7 Å². The van der Waals surface area contributed by atoms with Gasteiger partial charge in [0.15, 0.2) is 0 Å². The Morgan fingerprint density at radius 1 is 1.06 bits per heavy atom. The average molecular weight is 443 g/mol. The number of imidazole rings is 1. The van der Waals surface area contributed by atoms with E-state index in [4.69, 9.17) is 10.9 Å². The van der Waals surface area contributed by atoms with Gasteiger partial charge in [-0.25, -0.2) is 10.5 Å². The van der Waals surface area contributed by atoms with Crippen molar-refractivity contribution in [2.45, 2.75) is 18.6 Å². The van der Waals surface area contributed by atoms with Crippen molar-refractivity contribution in [1.82, 2.24) is 20.8 Å². The fourth-order valence-electron chi connectivity index (χ4n) is 2.91. The first-order chi connectivity index (χ1) is 15.8. The van der Waals surface area contributed by atoms with Crippen LogP contribution in [0.2, 0.25) is 0 Å². The van der Waals surface area contributed by atoms with Crippen LogP contribution in [-0.2, 0) is 10.4 Å². The van der Waals surface area contributed by atoms with Gasteiger partial charge in [-0.15, -0.1) is 0 Å². The molecule has 0 aliphatic heterocycles. The Labute approximate surface area is 190 Å². The van der Waals surface area contributed by atoms with Crippen LogP contribution in [0.3, 0.4) is 0 Å². The minimum absolute atomic E-state index is 0.183. The first kappa shape index (κ1) is 23.1. The van der Waals surface area contributed by atoms with Gasteiger partial charge >= 0.3 is 0 Å². The lowest BCUT2D eigenvalue weighted by atomic mass is 9.92. The van der Waals surface area contributed by atoms with E-state index in [1.54, 1.807) is 36.4 Å². The van der Waals surface area contributed by atoms with Crippen molar-refractivity contribution < 1.29 is 19.9 Å². The van der Waals surface area contributed by atoms with Crippen LogP contribution in [0, 0.1) is 23.7 Å². The van der Waals surface area contributed by atoms with Gasteiger partial charge < -0.3 is 21.1 Å². The summed E-state index contributed by atoms with van der Waals surface area (Å²) in [6, 6.07) is 11.9. The third-order valence-electron chi connectivity index (χ3n) is 4.79. The minimum atomic E-state index is -1.87. The van der Waals surface area contributed by atoms with Crippen molar-refractivity contribution in [3.05, 3.63) is 83.4 Å². The van der Waals surface area contributed by atoms with Crippen molar-refractivity contribution in [3.63, 3.8) is 0 Å². The highest BCUT2D eigenvalue weighted by molar-refractivity contribution is 5.97. The lowest BCUT2D eigenvalue weighted by molar-refractivity contribution is -0.138. The number of aromatic amines is 1. The number of nitrogens with one attached hydrogen (secondary N) is 3. The molecule has 2 aromatic carbocycles. The van der Waals surface area contributed by atoms with Gasteiger partial charge in [0.1, 0.15) is 11.6 Å². The molecule has 0 aliphatic rings. The van der Waals surface area contributed by atoms with Crippen LogP contribution in [0.5, 0.6) is 0 Å². The highest BCUT2D eigenvalue weighted by Gasteiger charge is 2.41. The fourth-order valence-corrected chi connectivity index (χ4v) is 2.91. The van der Waals surface area contributed by atoms with Gasteiger partial charge in [-0.05, 0) is 67.3 Å². The number of nitrogens with zero attached hydrogens (tertiary/aromatic N) is 1. The van der Waals surface area contributed by atoms with Crippen LogP contribution >= 0.6 is 0 Å². The number of hydroxylamine groups is 1. The van der Waals surface area contributed by atoms with Crippen molar-refractivity contribution >= 4 is 17.5 Å². The SMILES string of the molecule is C[C@@](O)(c1cnc[nH]1)[C@H](NC(=O)c1ccc(C#CC#Cc2ccc(N)cc2)cc1)C(=O)NO. The van der Waals surface area contributed by atoms with Crippen molar-refractivity contribution in [2.24, 2.45) is 0 Å². The number of aromatic nitrogens is 2. The van der Waals surface area contributed by atoms with Crippen molar-refractivity contribution in [3.8, 4) is 23.7 Å². The second-order valence-electron chi connectivity index (χ2n) is 7.19. The summed E-state index contributed by atoms with van der Waals surface area (Å²) in [5.74, 6) is 9.63. The molecule has 0 unspecified atom stereocenters. The average Bonchev–Trinajstić information content (AvgIpc) is 3.37. The van der Waals surface area contributed by atoms with Crippen LogP contribution in [0.25, 0.3) is 0 Å². The van der Waals surface area contributed by atoms with E-state index in [-0.39, 0.29) is 11.3 Å². The van der Waals surface area contributed by atoms with Crippen LogP contribution in [0.15, 0.2) is 61.1 Å². The van der Waals surface area contributed by atoms with E-state index in [2.05, 4.69) is 39.0 Å². The smallest absolute Gasteiger partial charge is 0.269 e. The molecular weight excluding hydrogens is 422 g/mol. The maximum absolute atomic E-state index is 12.7. The molecule has 0 saturated carbocycles. The van der Waals surface area contributed by atoms with E-state index in [0.29, 0.717) is 11.3 Å². The third kappa shape index (κ3) is 5.77. The molecule has 3 rings (SSSR count). The monoisotopic (exact) mass is 443 g/mol. The van der Waals surface area contributed by atoms with E-state index >= 15 is 0 Å². The molecule has 1 heterocycles. The summed E-state index contributed by atoms with van der Waals surface area (Å²) in [6.45, 7) is 1.31. The molecule has 2 amide bonds. The molecule has 1 aromatic heterocycles. The molecule has 0 saturated heterocycles. The van der Waals surface area contributed by atoms with Gasteiger partial charge in [-0.2, -0.15) is 0 Å². The van der Waals surface area contributed by atoms with Crippen molar-refractivity contribution in [1.29, 1.82) is 0 Å². The highest BCUT2D eigenvalue weighted by Crippen LogP contribution is 2.23. The molecule has 0 aliphatic carbocycles. The number of amides is 2. The largest absolute Gasteiger partial charge is 0.399 e. The second-order valence-corrected chi connectivity index (χ2v) is 7.19. The number of benzene rings is 2. The molecule has 2 atom stereocenters. The zero-order chi connectivity index (χ0) is 23.8. The number of hydrogen-bond donors (Lipinski definition) is 6. The van der Waals surface area contributed by atoms with Crippen LogP contribution in [0.1, 0.15) is 34.1 Å². The van der Waals surface area contributed by atoms with Gasteiger partial charge in [0.05, 0.1) is 18.2 Å². The molecule has 7 N–H and O–H groups in total. The summed E-state index contributed by atoms with van der Waals surface area (Å²) >= 11 is 0. The van der Waals surface area contributed by atoms with Gasteiger partial charge in [-0.3, -0.25) is 14.8 Å². The Bertz CT molecular complexity index is 1240.